The monoisotopic (exact) mass is 355 g/mol. The highest BCUT2D eigenvalue weighted by molar-refractivity contribution is 5.89. The molecule has 5 rings (SSSR count). The molecule has 140 valence electrons. The van der Waals surface area contributed by atoms with Crippen LogP contribution in [0.15, 0.2) is 12.1 Å². The van der Waals surface area contributed by atoms with Crippen LogP contribution in [-0.4, -0.2) is 42.0 Å². The summed E-state index contributed by atoms with van der Waals surface area (Å²) in [6.45, 7) is 9.60. The van der Waals surface area contributed by atoms with E-state index in [2.05, 4.69) is 51.8 Å². The van der Waals surface area contributed by atoms with E-state index in [9.17, 15) is 4.79 Å². The summed E-state index contributed by atoms with van der Waals surface area (Å²) in [5.74, 6) is 1.93. The summed E-state index contributed by atoms with van der Waals surface area (Å²) in [5.41, 5.74) is 2.25. The lowest BCUT2D eigenvalue weighted by atomic mass is 9.44. The van der Waals surface area contributed by atoms with Crippen LogP contribution in [0.5, 0.6) is 11.5 Å². The SMILES string of the molecule is CN1CC[C@]23c4c5ccc(OC(C)(C)C)c4O[C@H]2C(=O)CC[C@@]3(C)[C@H]1C5. The lowest BCUT2D eigenvalue weighted by molar-refractivity contribution is -0.150. The number of ether oxygens (including phenoxy) is 2. The highest BCUT2D eigenvalue weighted by Gasteiger charge is 2.71. The average Bonchev–Trinajstić information content (AvgIpc) is 2.90. The Morgan fingerprint density at radius 1 is 1.27 bits per heavy atom. The summed E-state index contributed by atoms with van der Waals surface area (Å²) in [6.07, 6.45) is 3.29. The Labute approximate surface area is 155 Å². The van der Waals surface area contributed by atoms with Gasteiger partial charge in [0.15, 0.2) is 23.4 Å². The number of carbonyl (C=O) groups is 1. The van der Waals surface area contributed by atoms with Crippen molar-refractivity contribution in [1.82, 2.24) is 4.90 Å². The standard InChI is InChI=1S/C22H29NO3/c1-20(2,3)26-15-7-6-13-12-16-21(4)9-8-14(24)19-22(21,10-11-23(16)5)17(13)18(15)25-19/h6-7,16,19H,8-12H2,1-5H3/t16-,19+,21+,22+/m1/s1. The molecule has 2 aliphatic heterocycles. The number of carbonyl (C=O) groups excluding carboxylic acids is 1. The average molecular weight is 355 g/mol. The molecular weight excluding hydrogens is 326 g/mol. The van der Waals surface area contributed by atoms with Crippen LogP contribution in [-0.2, 0) is 16.6 Å². The van der Waals surface area contributed by atoms with E-state index < -0.39 is 0 Å². The van der Waals surface area contributed by atoms with Crippen LogP contribution >= 0.6 is 0 Å². The van der Waals surface area contributed by atoms with Crippen molar-refractivity contribution in [3.63, 3.8) is 0 Å². The van der Waals surface area contributed by atoms with Crippen molar-refractivity contribution in [2.24, 2.45) is 5.41 Å². The Morgan fingerprint density at radius 3 is 2.77 bits per heavy atom. The maximum absolute atomic E-state index is 13.0. The third kappa shape index (κ3) is 1.81. The Balaban J connectivity index is 1.77. The van der Waals surface area contributed by atoms with E-state index in [4.69, 9.17) is 9.47 Å². The van der Waals surface area contributed by atoms with Gasteiger partial charge < -0.3 is 14.4 Å². The Kier molecular flexibility index (Phi) is 3.09. The molecule has 0 unspecified atom stereocenters. The van der Waals surface area contributed by atoms with Crippen LogP contribution in [0.1, 0.15) is 58.1 Å². The van der Waals surface area contributed by atoms with Crippen molar-refractivity contribution in [3.05, 3.63) is 23.3 Å². The van der Waals surface area contributed by atoms with Gasteiger partial charge in [0.05, 0.1) is 5.41 Å². The normalized spacial score (nSPS) is 38.0. The fourth-order valence-electron chi connectivity index (χ4n) is 6.39. The molecule has 4 heteroatoms. The van der Waals surface area contributed by atoms with Gasteiger partial charge in [-0.15, -0.1) is 0 Å². The van der Waals surface area contributed by atoms with Crippen LogP contribution in [0, 0.1) is 5.41 Å². The predicted molar refractivity (Wildman–Crippen MR) is 100 cm³/mol. The van der Waals surface area contributed by atoms with E-state index in [0.717, 1.165) is 37.3 Å². The van der Waals surface area contributed by atoms with Gasteiger partial charge in [0, 0.05) is 18.0 Å². The predicted octanol–water partition coefficient (Wildman–Crippen LogP) is 3.49. The third-order valence-electron chi connectivity index (χ3n) is 7.50. The second-order valence-electron chi connectivity index (χ2n) is 9.94. The van der Waals surface area contributed by atoms with Gasteiger partial charge in [-0.3, -0.25) is 4.79 Å². The van der Waals surface area contributed by atoms with Crippen LogP contribution in [0.3, 0.4) is 0 Å². The fraction of sp³-hybridized carbons (Fsp3) is 0.682. The van der Waals surface area contributed by atoms with E-state index in [0.29, 0.717) is 12.5 Å². The molecule has 0 radical (unpaired) electrons. The van der Waals surface area contributed by atoms with E-state index in [1.807, 2.05) is 0 Å². The molecule has 26 heavy (non-hydrogen) atoms. The molecule has 4 atom stereocenters. The quantitative estimate of drug-likeness (QED) is 0.773. The summed E-state index contributed by atoms with van der Waals surface area (Å²) in [4.78, 5) is 15.5. The van der Waals surface area contributed by atoms with Crippen molar-refractivity contribution in [2.45, 2.75) is 76.5 Å². The molecule has 2 bridgehead atoms. The van der Waals surface area contributed by atoms with E-state index in [1.165, 1.54) is 11.1 Å². The van der Waals surface area contributed by atoms with Crippen molar-refractivity contribution >= 4 is 5.78 Å². The highest BCUT2D eigenvalue weighted by Crippen LogP contribution is 2.68. The molecule has 0 aromatic heterocycles. The minimum atomic E-state index is -0.337. The minimum absolute atomic E-state index is 0.0805. The molecule has 2 heterocycles. The zero-order valence-corrected chi connectivity index (χ0v) is 16.5. The summed E-state index contributed by atoms with van der Waals surface area (Å²) >= 11 is 0. The molecule has 1 aromatic rings. The number of hydrogen-bond acceptors (Lipinski definition) is 4. The largest absolute Gasteiger partial charge is 0.484 e. The lowest BCUT2D eigenvalue weighted by Crippen LogP contribution is -2.70. The van der Waals surface area contributed by atoms with Crippen LogP contribution in [0.25, 0.3) is 0 Å². The molecule has 4 aliphatic rings. The van der Waals surface area contributed by atoms with Crippen molar-refractivity contribution < 1.29 is 14.3 Å². The van der Waals surface area contributed by atoms with Gasteiger partial charge in [0.25, 0.3) is 0 Å². The number of hydrogen-bond donors (Lipinski definition) is 0. The molecule has 2 fully saturated rings. The van der Waals surface area contributed by atoms with E-state index in [-0.39, 0.29) is 28.3 Å². The van der Waals surface area contributed by atoms with E-state index >= 15 is 0 Å². The van der Waals surface area contributed by atoms with Gasteiger partial charge in [-0.25, -0.2) is 0 Å². The van der Waals surface area contributed by atoms with Gasteiger partial charge in [-0.1, -0.05) is 13.0 Å². The van der Waals surface area contributed by atoms with Crippen LogP contribution in [0.2, 0.25) is 0 Å². The fourth-order valence-corrected chi connectivity index (χ4v) is 6.39. The second kappa shape index (κ2) is 4.83. The first-order valence-electron chi connectivity index (χ1n) is 9.92. The smallest absolute Gasteiger partial charge is 0.174 e. The van der Waals surface area contributed by atoms with Gasteiger partial charge in [-0.05, 0) is 70.7 Å². The number of likely N-dealkylation sites (tertiary alicyclic amines) is 1. The second-order valence-corrected chi connectivity index (χ2v) is 9.94. The summed E-state index contributed by atoms with van der Waals surface area (Å²) in [6, 6.07) is 4.75. The van der Waals surface area contributed by atoms with Crippen LogP contribution in [0.4, 0.5) is 0 Å². The number of rotatable bonds is 1. The lowest BCUT2D eigenvalue weighted by Gasteiger charge is -2.63. The first kappa shape index (κ1) is 16.6. The van der Waals surface area contributed by atoms with Crippen molar-refractivity contribution in [1.29, 1.82) is 0 Å². The minimum Gasteiger partial charge on any atom is -0.484 e. The molecule has 1 saturated heterocycles. The van der Waals surface area contributed by atoms with Gasteiger partial charge >= 0.3 is 0 Å². The molecule has 2 aliphatic carbocycles. The maximum Gasteiger partial charge on any atom is 0.174 e. The number of piperidine rings is 1. The molecule has 1 saturated carbocycles. The molecule has 1 aromatic carbocycles. The number of nitrogens with zero attached hydrogens (tertiary/aromatic N) is 1. The first-order valence-corrected chi connectivity index (χ1v) is 9.92. The van der Waals surface area contributed by atoms with Crippen molar-refractivity contribution in [2.75, 3.05) is 13.6 Å². The summed E-state index contributed by atoms with van der Waals surface area (Å²) < 4.78 is 12.7. The van der Waals surface area contributed by atoms with Gasteiger partial charge in [0.1, 0.15) is 5.60 Å². The first-order chi connectivity index (χ1) is 12.2. The summed E-state index contributed by atoms with van der Waals surface area (Å²) in [7, 11) is 2.24. The molecule has 4 nitrogen and oxygen atoms in total. The molecular formula is C22H29NO3. The van der Waals surface area contributed by atoms with Gasteiger partial charge in [0.2, 0.25) is 0 Å². The molecule has 1 spiro atoms. The number of ketones is 1. The Morgan fingerprint density at radius 2 is 2.04 bits per heavy atom. The molecule has 0 amide bonds. The Bertz CT molecular complexity index is 810. The maximum atomic E-state index is 13.0. The number of Topliss-reactive ketones (excluding diaryl/α,β-unsaturated/α-hetero) is 1. The Hall–Kier alpha value is -1.55. The van der Waals surface area contributed by atoms with Crippen molar-refractivity contribution in [3.8, 4) is 11.5 Å². The number of benzene rings is 1. The van der Waals surface area contributed by atoms with Crippen LogP contribution < -0.4 is 9.47 Å². The zero-order chi connectivity index (χ0) is 18.5. The van der Waals surface area contributed by atoms with Gasteiger partial charge in [-0.2, -0.15) is 0 Å². The molecule has 0 N–H and O–H groups in total. The topological polar surface area (TPSA) is 38.8 Å². The third-order valence-corrected chi connectivity index (χ3v) is 7.50. The highest BCUT2D eigenvalue weighted by atomic mass is 16.5. The van der Waals surface area contributed by atoms with E-state index in [1.54, 1.807) is 0 Å². The summed E-state index contributed by atoms with van der Waals surface area (Å²) in [5, 5.41) is 0. The number of likely N-dealkylation sites (N-methyl/N-ethyl adjacent to an activating group) is 1. The zero-order valence-electron chi connectivity index (χ0n) is 16.5.